The van der Waals surface area contributed by atoms with E-state index in [9.17, 15) is 23.1 Å². The van der Waals surface area contributed by atoms with Gasteiger partial charge in [0.2, 0.25) is 0 Å². The van der Waals surface area contributed by atoms with E-state index in [1.165, 1.54) is 17.8 Å². The van der Waals surface area contributed by atoms with Crippen molar-refractivity contribution in [1.82, 2.24) is 0 Å². The van der Waals surface area contributed by atoms with E-state index in [-0.39, 0.29) is 22.8 Å². The Bertz CT molecular complexity index is 1270. The van der Waals surface area contributed by atoms with Crippen LogP contribution >= 0.6 is 24.0 Å². The number of rotatable bonds is 3. The first-order valence-electron chi connectivity index (χ1n) is 11.0. The number of thiocarbonyl (C=S) groups is 1. The Balaban J connectivity index is 1.54. The Labute approximate surface area is 209 Å². The van der Waals surface area contributed by atoms with Gasteiger partial charge in [0, 0.05) is 11.4 Å². The number of carbonyl (C=O) groups is 1. The highest BCUT2D eigenvalue weighted by atomic mass is 32.2. The minimum absolute atomic E-state index is 0.0180. The molecule has 3 aliphatic rings. The average Bonchev–Trinajstić information content (AvgIpc) is 3.04. The molecule has 2 aliphatic heterocycles. The summed E-state index contributed by atoms with van der Waals surface area (Å²) in [7, 11) is 0. The maximum atomic E-state index is 13.6. The lowest BCUT2D eigenvalue weighted by atomic mass is 9.75. The smallest absolute Gasteiger partial charge is 0.417 e. The van der Waals surface area contributed by atoms with Gasteiger partial charge in [0.1, 0.15) is 17.4 Å². The van der Waals surface area contributed by atoms with Crippen LogP contribution in [0.4, 0.5) is 24.5 Å². The van der Waals surface area contributed by atoms with Crippen molar-refractivity contribution in [3.8, 4) is 11.8 Å². The Morgan fingerprint density at radius 3 is 2.57 bits per heavy atom. The summed E-state index contributed by atoms with van der Waals surface area (Å²) >= 11 is 7.19. The van der Waals surface area contributed by atoms with Gasteiger partial charge < -0.3 is 14.7 Å². The third-order valence-electron chi connectivity index (χ3n) is 6.68. The predicted octanol–water partition coefficient (Wildman–Crippen LogP) is 4.87. The van der Waals surface area contributed by atoms with Gasteiger partial charge in [-0.3, -0.25) is 9.69 Å². The molecule has 1 aliphatic carbocycles. The Morgan fingerprint density at radius 2 is 1.97 bits per heavy atom. The SMILES string of the molecule is C[C@@H](O)[C@@H]1CSc2cc(N3C(=S)N(c4ccc(C#N)c(C(F)(F)F)c4)C(=O)C34CCC4)ccc2O1. The van der Waals surface area contributed by atoms with E-state index >= 15 is 0 Å². The predicted molar refractivity (Wildman–Crippen MR) is 129 cm³/mol. The summed E-state index contributed by atoms with van der Waals surface area (Å²) in [4.78, 5) is 17.3. The Morgan fingerprint density at radius 1 is 1.26 bits per heavy atom. The second kappa shape index (κ2) is 8.40. The van der Waals surface area contributed by atoms with E-state index in [4.69, 9.17) is 22.2 Å². The number of thioether (sulfide) groups is 1. The number of hydrogen-bond donors (Lipinski definition) is 1. The van der Waals surface area contributed by atoms with Crippen molar-refractivity contribution in [2.75, 3.05) is 15.6 Å². The van der Waals surface area contributed by atoms with Crippen molar-refractivity contribution in [3.05, 3.63) is 47.5 Å². The Kier molecular flexibility index (Phi) is 5.74. The number of carbonyl (C=O) groups excluding carboxylic acids is 1. The molecule has 6 nitrogen and oxygen atoms in total. The summed E-state index contributed by atoms with van der Waals surface area (Å²) in [5.74, 6) is 0.802. The molecule has 0 aromatic heterocycles. The third kappa shape index (κ3) is 3.75. The fraction of sp³-hybridized carbons (Fsp3) is 0.375. The molecule has 2 fully saturated rings. The highest BCUT2D eigenvalue weighted by Crippen LogP contribution is 2.50. The van der Waals surface area contributed by atoms with Gasteiger partial charge in [0.25, 0.3) is 5.91 Å². The van der Waals surface area contributed by atoms with Gasteiger partial charge in [0.05, 0.1) is 33.9 Å². The van der Waals surface area contributed by atoms with Gasteiger partial charge in [0.15, 0.2) is 5.11 Å². The van der Waals surface area contributed by atoms with Crippen LogP contribution in [0.15, 0.2) is 41.3 Å². The molecule has 1 saturated carbocycles. The van der Waals surface area contributed by atoms with Crippen LogP contribution in [0.1, 0.15) is 37.3 Å². The number of nitriles is 1. The number of hydrogen-bond acceptors (Lipinski definition) is 6. The summed E-state index contributed by atoms with van der Waals surface area (Å²) in [6.07, 6.45) is -3.87. The number of aliphatic hydroxyl groups excluding tert-OH is 1. The van der Waals surface area contributed by atoms with Crippen molar-refractivity contribution in [2.45, 2.75) is 55.0 Å². The molecule has 35 heavy (non-hydrogen) atoms. The van der Waals surface area contributed by atoms with E-state index in [2.05, 4.69) is 0 Å². The largest absolute Gasteiger partial charge is 0.486 e. The topological polar surface area (TPSA) is 76.8 Å². The highest BCUT2D eigenvalue weighted by molar-refractivity contribution is 7.99. The fourth-order valence-corrected chi connectivity index (χ4v) is 6.29. The van der Waals surface area contributed by atoms with Gasteiger partial charge >= 0.3 is 6.18 Å². The number of alkyl halides is 3. The molecule has 2 heterocycles. The van der Waals surface area contributed by atoms with E-state index in [1.807, 2.05) is 6.07 Å². The van der Waals surface area contributed by atoms with Crippen LogP contribution in [0.25, 0.3) is 0 Å². The zero-order valence-corrected chi connectivity index (χ0v) is 20.1. The molecule has 0 bridgehead atoms. The number of ether oxygens (including phenoxy) is 1. The molecule has 2 atom stereocenters. The number of aliphatic hydroxyl groups is 1. The van der Waals surface area contributed by atoms with Crippen molar-refractivity contribution in [3.63, 3.8) is 0 Å². The second-order valence-corrected chi connectivity index (χ2v) is 10.2. The zero-order valence-electron chi connectivity index (χ0n) is 18.5. The summed E-state index contributed by atoms with van der Waals surface area (Å²) in [6.45, 7) is 1.67. The maximum absolute atomic E-state index is 13.6. The fourth-order valence-electron chi connectivity index (χ4n) is 4.66. The van der Waals surface area contributed by atoms with Gasteiger partial charge in [-0.15, -0.1) is 11.8 Å². The standard InChI is InChI=1S/C24H20F3N3O3S2/c1-13(31)19-12-35-20-10-16(5-6-18(20)33-19)30-22(34)29(21(32)23(30)7-2-8-23)15-4-3-14(11-28)17(9-15)24(25,26)27/h3-6,9-10,13,19,31H,2,7-8,12H2,1H3/t13-,19+/m1/s1. The lowest BCUT2D eigenvalue weighted by molar-refractivity contribution is -0.137. The third-order valence-corrected chi connectivity index (χ3v) is 8.18. The molecule has 2 aromatic rings. The number of nitrogens with zero attached hydrogens (tertiary/aromatic N) is 3. The lowest BCUT2D eigenvalue weighted by Crippen LogP contribution is -2.55. The number of benzene rings is 2. The summed E-state index contributed by atoms with van der Waals surface area (Å²) < 4.78 is 46.6. The van der Waals surface area contributed by atoms with Crippen LogP contribution in [0, 0.1) is 11.3 Å². The van der Waals surface area contributed by atoms with E-state index in [0.29, 0.717) is 30.0 Å². The first-order valence-corrected chi connectivity index (χ1v) is 12.4. The molecule has 1 amide bonds. The maximum Gasteiger partial charge on any atom is 0.417 e. The highest BCUT2D eigenvalue weighted by Gasteiger charge is 2.59. The zero-order chi connectivity index (χ0) is 25.1. The second-order valence-electron chi connectivity index (χ2n) is 8.82. The van der Waals surface area contributed by atoms with Crippen LogP contribution in [0.2, 0.25) is 0 Å². The summed E-state index contributed by atoms with van der Waals surface area (Å²) in [6, 6.07) is 10.1. The first kappa shape index (κ1) is 23.9. The molecule has 0 unspecified atom stereocenters. The minimum Gasteiger partial charge on any atom is -0.486 e. The Hall–Kier alpha value is -2.81. The minimum atomic E-state index is -4.75. The number of fused-ring (bicyclic) bond motifs is 1. The monoisotopic (exact) mass is 519 g/mol. The normalized spacial score (nSPS) is 21.9. The van der Waals surface area contributed by atoms with Gasteiger partial charge in [-0.05, 0) is 74.8 Å². The van der Waals surface area contributed by atoms with Crippen LogP contribution in [-0.4, -0.2) is 39.6 Å². The van der Waals surface area contributed by atoms with Gasteiger partial charge in [-0.25, -0.2) is 0 Å². The van der Waals surface area contributed by atoms with Crippen LogP contribution in [0.3, 0.4) is 0 Å². The van der Waals surface area contributed by atoms with Gasteiger partial charge in [-0.1, -0.05) is 0 Å². The molecular weight excluding hydrogens is 499 g/mol. The molecule has 5 rings (SSSR count). The summed E-state index contributed by atoms with van der Waals surface area (Å²) in [5.41, 5.74) is -1.95. The average molecular weight is 520 g/mol. The number of halogens is 3. The van der Waals surface area contributed by atoms with Crippen LogP contribution < -0.4 is 14.5 Å². The van der Waals surface area contributed by atoms with E-state index < -0.39 is 28.9 Å². The first-order chi connectivity index (χ1) is 16.6. The van der Waals surface area contributed by atoms with Gasteiger partial charge in [-0.2, -0.15) is 18.4 Å². The lowest BCUT2D eigenvalue weighted by Gasteiger charge is -2.43. The quantitative estimate of drug-likeness (QED) is 0.580. The molecule has 11 heteroatoms. The van der Waals surface area contributed by atoms with E-state index in [1.54, 1.807) is 30.0 Å². The summed E-state index contributed by atoms with van der Waals surface area (Å²) in [5, 5.41) is 19.1. The molecule has 2 aromatic carbocycles. The molecular formula is C24H20F3N3O3S2. The molecule has 1 saturated heterocycles. The number of anilines is 2. The van der Waals surface area contributed by atoms with Crippen molar-refractivity contribution >= 4 is 46.4 Å². The van der Waals surface area contributed by atoms with Crippen molar-refractivity contribution < 1.29 is 27.8 Å². The van der Waals surface area contributed by atoms with Crippen molar-refractivity contribution in [1.29, 1.82) is 5.26 Å². The number of amides is 1. The van der Waals surface area contributed by atoms with Crippen LogP contribution in [-0.2, 0) is 11.0 Å². The van der Waals surface area contributed by atoms with Crippen molar-refractivity contribution in [2.24, 2.45) is 0 Å². The molecule has 1 N–H and O–H groups in total. The molecule has 1 spiro atoms. The molecule has 0 radical (unpaired) electrons. The van der Waals surface area contributed by atoms with Crippen LogP contribution in [0.5, 0.6) is 5.75 Å². The van der Waals surface area contributed by atoms with E-state index in [0.717, 1.165) is 28.3 Å². The molecule has 182 valence electrons.